The fourth-order valence-electron chi connectivity index (χ4n) is 1.58. The molecule has 2 aromatic heterocycles. The highest BCUT2D eigenvalue weighted by Crippen LogP contribution is 2.04. The Kier molecular flexibility index (Phi) is 2.18. The molecule has 0 amide bonds. The highest BCUT2D eigenvalue weighted by molar-refractivity contribution is 5.36. The molecule has 0 atom stereocenters. The average molecular weight is 207 g/mol. The summed E-state index contributed by atoms with van der Waals surface area (Å²) in [4.78, 5) is 15.7. The van der Waals surface area contributed by atoms with Crippen molar-refractivity contribution in [2.75, 3.05) is 5.73 Å². The first kappa shape index (κ1) is 9.70. The SMILES string of the molecule is CCCn1c(=O)cc(C)n2nc(N)nc12. The van der Waals surface area contributed by atoms with Gasteiger partial charge in [-0.2, -0.15) is 4.98 Å². The number of hydrogen-bond donors (Lipinski definition) is 1. The van der Waals surface area contributed by atoms with Crippen LogP contribution < -0.4 is 11.3 Å². The molecular formula is C9H13N5O. The molecule has 0 aliphatic heterocycles. The van der Waals surface area contributed by atoms with E-state index in [1.165, 1.54) is 6.07 Å². The van der Waals surface area contributed by atoms with Crippen molar-refractivity contribution in [1.29, 1.82) is 0 Å². The normalized spacial score (nSPS) is 11.1. The second-order valence-corrected chi connectivity index (χ2v) is 3.46. The summed E-state index contributed by atoms with van der Waals surface area (Å²) >= 11 is 0. The molecule has 2 aromatic rings. The third kappa shape index (κ3) is 1.47. The van der Waals surface area contributed by atoms with E-state index in [1.807, 2.05) is 6.92 Å². The van der Waals surface area contributed by atoms with Gasteiger partial charge in [0, 0.05) is 18.3 Å². The number of nitrogens with two attached hydrogens (primary N) is 1. The first-order valence-corrected chi connectivity index (χ1v) is 4.86. The molecule has 2 N–H and O–H groups in total. The molecule has 0 aliphatic rings. The summed E-state index contributed by atoms with van der Waals surface area (Å²) in [6, 6.07) is 1.54. The molecule has 0 aliphatic carbocycles. The first-order valence-electron chi connectivity index (χ1n) is 4.86. The van der Waals surface area contributed by atoms with E-state index in [1.54, 1.807) is 16.0 Å². The molecular weight excluding hydrogens is 194 g/mol. The van der Waals surface area contributed by atoms with Gasteiger partial charge in [-0.25, -0.2) is 4.52 Å². The molecule has 0 bridgehead atoms. The van der Waals surface area contributed by atoms with Gasteiger partial charge >= 0.3 is 0 Å². The fourth-order valence-corrected chi connectivity index (χ4v) is 1.58. The Labute approximate surface area is 86.3 Å². The van der Waals surface area contributed by atoms with Crippen LogP contribution in [0.3, 0.4) is 0 Å². The summed E-state index contributed by atoms with van der Waals surface area (Å²) < 4.78 is 3.17. The van der Waals surface area contributed by atoms with Crippen molar-refractivity contribution < 1.29 is 0 Å². The van der Waals surface area contributed by atoms with Gasteiger partial charge in [0.25, 0.3) is 5.56 Å². The predicted octanol–water partition coefficient (Wildman–Crippen LogP) is 0.192. The number of nitrogens with zero attached hydrogens (tertiary/aromatic N) is 4. The van der Waals surface area contributed by atoms with Crippen molar-refractivity contribution in [3.8, 4) is 0 Å². The lowest BCUT2D eigenvalue weighted by Crippen LogP contribution is -2.23. The van der Waals surface area contributed by atoms with E-state index in [2.05, 4.69) is 10.1 Å². The first-order chi connectivity index (χ1) is 7.13. The average Bonchev–Trinajstić information content (AvgIpc) is 2.55. The molecule has 2 rings (SSSR count). The molecule has 15 heavy (non-hydrogen) atoms. The maximum Gasteiger partial charge on any atom is 0.255 e. The Bertz CT molecular complexity index is 553. The smallest absolute Gasteiger partial charge is 0.255 e. The number of aromatic nitrogens is 4. The van der Waals surface area contributed by atoms with Crippen molar-refractivity contribution in [3.05, 3.63) is 22.1 Å². The van der Waals surface area contributed by atoms with Crippen molar-refractivity contribution >= 4 is 11.7 Å². The molecule has 0 aromatic carbocycles. The van der Waals surface area contributed by atoms with Gasteiger partial charge in [0.15, 0.2) is 0 Å². The van der Waals surface area contributed by atoms with Crippen LogP contribution in [0.25, 0.3) is 5.78 Å². The van der Waals surface area contributed by atoms with Crippen LogP contribution in [0.5, 0.6) is 0 Å². The fraction of sp³-hybridized carbons (Fsp3) is 0.444. The summed E-state index contributed by atoms with van der Waals surface area (Å²) in [5.41, 5.74) is 6.20. The minimum atomic E-state index is -0.0609. The summed E-state index contributed by atoms with van der Waals surface area (Å²) in [5.74, 6) is 0.702. The van der Waals surface area contributed by atoms with Gasteiger partial charge in [0.2, 0.25) is 11.7 Å². The highest BCUT2D eigenvalue weighted by Gasteiger charge is 2.09. The molecule has 0 saturated heterocycles. The number of nitrogen functional groups attached to an aromatic ring is 1. The number of hydrogen-bond acceptors (Lipinski definition) is 4. The van der Waals surface area contributed by atoms with E-state index in [0.29, 0.717) is 12.3 Å². The molecule has 0 radical (unpaired) electrons. The monoisotopic (exact) mass is 207 g/mol. The van der Waals surface area contributed by atoms with Crippen LogP contribution in [0.1, 0.15) is 19.0 Å². The lowest BCUT2D eigenvalue weighted by molar-refractivity contribution is 0.647. The van der Waals surface area contributed by atoms with E-state index in [9.17, 15) is 4.79 Å². The third-order valence-electron chi connectivity index (χ3n) is 2.23. The zero-order valence-electron chi connectivity index (χ0n) is 8.77. The molecule has 0 unspecified atom stereocenters. The van der Waals surface area contributed by atoms with Gasteiger partial charge in [-0.1, -0.05) is 6.92 Å². The Hall–Kier alpha value is -1.85. The maximum absolute atomic E-state index is 11.7. The van der Waals surface area contributed by atoms with E-state index in [0.717, 1.165) is 12.1 Å². The van der Waals surface area contributed by atoms with Crippen LogP contribution in [-0.2, 0) is 6.54 Å². The minimum absolute atomic E-state index is 0.0609. The summed E-state index contributed by atoms with van der Waals surface area (Å²) in [6.45, 7) is 4.43. The Balaban J connectivity index is 2.82. The number of anilines is 1. The number of fused-ring (bicyclic) bond motifs is 1. The van der Waals surface area contributed by atoms with E-state index < -0.39 is 0 Å². The third-order valence-corrected chi connectivity index (χ3v) is 2.23. The summed E-state index contributed by atoms with van der Waals surface area (Å²) in [6.07, 6.45) is 0.866. The summed E-state index contributed by atoms with van der Waals surface area (Å²) in [7, 11) is 0. The van der Waals surface area contributed by atoms with Gasteiger partial charge < -0.3 is 5.73 Å². The lowest BCUT2D eigenvalue weighted by Gasteiger charge is -2.05. The van der Waals surface area contributed by atoms with Gasteiger partial charge in [-0.05, 0) is 13.3 Å². The Morgan fingerprint density at radius 2 is 2.27 bits per heavy atom. The predicted molar refractivity (Wildman–Crippen MR) is 56.7 cm³/mol. The van der Waals surface area contributed by atoms with Crippen LogP contribution in [0, 0.1) is 6.92 Å². The molecule has 0 fully saturated rings. The lowest BCUT2D eigenvalue weighted by atomic mass is 10.4. The quantitative estimate of drug-likeness (QED) is 0.762. The topological polar surface area (TPSA) is 78.2 Å². The zero-order chi connectivity index (χ0) is 11.0. The van der Waals surface area contributed by atoms with Crippen LogP contribution in [-0.4, -0.2) is 19.2 Å². The largest absolute Gasteiger partial charge is 0.366 e. The molecule has 80 valence electrons. The zero-order valence-corrected chi connectivity index (χ0v) is 8.77. The van der Waals surface area contributed by atoms with Crippen molar-refractivity contribution in [2.45, 2.75) is 26.8 Å². The van der Waals surface area contributed by atoms with Crippen LogP contribution in [0.4, 0.5) is 5.95 Å². The van der Waals surface area contributed by atoms with Crippen molar-refractivity contribution in [3.63, 3.8) is 0 Å². The van der Waals surface area contributed by atoms with Gasteiger partial charge in [-0.15, -0.1) is 5.10 Å². The second-order valence-electron chi connectivity index (χ2n) is 3.46. The Morgan fingerprint density at radius 3 is 2.93 bits per heavy atom. The van der Waals surface area contributed by atoms with Gasteiger partial charge in [0.05, 0.1) is 0 Å². The molecule has 6 nitrogen and oxygen atoms in total. The molecule has 6 heteroatoms. The van der Waals surface area contributed by atoms with Gasteiger partial charge in [0.1, 0.15) is 0 Å². The van der Waals surface area contributed by atoms with Crippen molar-refractivity contribution in [2.24, 2.45) is 0 Å². The van der Waals surface area contributed by atoms with E-state index >= 15 is 0 Å². The maximum atomic E-state index is 11.7. The number of rotatable bonds is 2. The van der Waals surface area contributed by atoms with Crippen LogP contribution in [0.15, 0.2) is 10.9 Å². The number of aryl methyl sites for hydroxylation is 2. The van der Waals surface area contributed by atoms with Gasteiger partial charge in [-0.3, -0.25) is 9.36 Å². The molecule has 2 heterocycles. The highest BCUT2D eigenvalue weighted by atomic mass is 16.1. The van der Waals surface area contributed by atoms with E-state index in [4.69, 9.17) is 5.73 Å². The van der Waals surface area contributed by atoms with Crippen LogP contribution >= 0.6 is 0 Å². The van der Waals surface area contributed by atoms with Crippen LogP contribution in [0.2, 0.25) is 0 Å². The van der Waals surface area contributed by atoms with E-state index in [-0.39, 0.29) is 11.5 Å². The summed E-state index contributed by atoms with van der Waals surface area (Å²) in [5, 5.41) is 4.02. The minimum Gasteiger partial charge on any atom is -0.366 e. The van der Waals surface area contributed by atoms with Crippen molar-refractivity contribution in [1.82, 2.24) is 19.2 Å². The second kappa shape index (κ2) is 3.38. The molecule has 0 spiro atoms. The standard InChI is InChI=1S/C9H13N5O/c1-3-4-13-7(15)5-6(2)14-9(13)11-8(10)12-14/h5H,3-4H2,1-2H3,(H2,10,12). The Morgan fingerprint density at radius 1 is 1.53 bits per heavy atom. The molecule has 0 saturated carbocycles.